The van der Waals surface area contributed by atoms with Crippen LogP contribution in [0.5, 0.6) is 5.75 Å². The molecule has 1 aromatic heterocycles. The molecule has 1 aliphatic rings. The molecule has 2 aromatic rings. The van der Waals surface area contributed by atoms with Crippen molar-refractivity contribution in [2.24, 2.45) is 0 Å². The van der Waals surface area contributed by atoms with Crippen LogP contribution in [0.3, 0.4) is 0 Å². The number of nitrogens with zero attached hydrogens (tertiary/aromatic N) is 2. The predicted octanol–water partition coefficient (Wildman–Crippen LogP) is 3.13. The van der Waals surface area contributed by atoms with Gasteiger partial charge in [0, 0.05) is 12.1 Å². The molecule has 3 rings (SSSR count). The Kier molecular flexibility index (Phi) is 2.92. The third-order valence-corrected chi connectivity index (χ3v) is 3.74. The Bertz CT molecular complexity index is 658. The average Bonchev–Trinajstić information content (AvgIpc) is 2.47. The maximum Gasteiger partial charge on any atom is 0.133 e. The first-order valence-electron chi connectivity index (χ1n) is 6.46. The Morgan fingerprint density at radius 1 is 1.32 bits per heavy atom. The fourth-order valence-corrected chi connectivity index (χ4v) is 2.79. The van der Waals surface area contributed by atoms with Crippen LogP contribution in [0, 0.1) is 11.3 Å². The van der Waals surface area contributed by atoms with Crippen LogP contribution in [0.15, 0.2) is 36.5 Å². The quantitative estimate of drug-likeness (QED) is 0.846. The molecule has 1 heterocycles. The van der Waals surface area contributed by atoms with Gasteiger partial charge in [-0.25, -0.2) is 0 Å². The van der Waals surface area contributed by atoms with E-state index in [1.807, 2.05) is 24.4 Å². The molecule has 0 radical (unpaired) electrons. The topological polar surface area (TPSA) is 56.9 Å². The number of pyridine rings is 1. The smallest absolute Gasteiger partial charge is 0.133 e. The first-order valence-corrected chi connectivity index (χ1v) is 6.46. The molecule has 0 fully saturated rings. The van der Waals surface area contributed by atoms with Gasteiger partial charge in [-0.3, -0.25) is 4.98 Å². The van der Waals surface area contributed by atoms with E-state index in [0.29, 0.717) is 5.56 Å². The Labute approximate surface area is 112 Å². The third kappa shape index (κ3) is 2.06. The number of hydrogen-bond donors (Lipinski definition) is 1. The molecule has 0 saturated carbocycles. The molecule has 1 N–H and O–H groups in total. The highest BCUT2D eigenvalue weighted by atomic mass is 16.3. The highest BCUT2D eigenvalue weighted by molar-refractivity contribution is 5.47. The Morgan fingerprint density at radius 2 is 2.21 bits per heavy atom. The Hall–Kier alpha value is -2.34. The molecule has 1 unspecified atom stereocenters. The van der Waals surface area contributed by atoms with Crippen LogP contribution in [0.1, 0.15) is 41.1 Å². The summed E-state index contributed by atoms with van der Waals surface area (Å²) in [5.74, 6) is 0.279. The van der Waals surface area contributed by atoms with Gasteiger partial charge in [0.2, 0.25) is 0 Å². The van der Waals surface area contributed by atoms with Gasteiger partial charge in [0.25, 0.3) is 0 Å². The summed E-state index contributed by atoms with van der Waals surface area (Å²) in [5, 5.41) is 18.6. The van der Waals surface area contributed by atoms with Crippen molar-refractivity contribution >= 4 is 0 Å². The Morgan fingerprint density at radius 3 is 3.05 bits per heavy atom. The molecule has 0 aliphatic heterocycles. The van der Waals surface area contributed by atoms with Crippen LogP contribution in [0.2, 0.25) is 0 Å². The molecule has 3 nitrogen and oxygen atoms in total. The minimum absolute atomic E-state index is 0.0447. The van der Waals surface area contributed by atoms with Crippen molar-refractivity contribution in [3.63, 3.8) is 0 Å². The van der Waals surface area contributed by atoms with Gasteiger partial charge in [-0.15, -0.1) is 0 Å². The van der Waals surface area contributed by atoms with Gasteiger partial charge < -0.3 is 5.11 Å². The van der Waals surface area contributed by atoms with Crippen LogP contribution in [0.4, 0.5) is 0 Å². The third-order valence-electron chi connectivity index (χ3n) is 3.74. The molecule has 1 aromatic carbocycles. The highest BCUT2D eigenvalue weighted by Crippen LogP contribution is 2.36. The number of hydrogen-bond acceptors (Lipinski definition) is 3. The standard InChI is InChI=1S/C16H14N2O/c17-10-13-9-12(6-7-15(13)19)14-5-1-3-11-4-2-8-18-16(11)14/h2,4,6-9,14,19H,1,3,5H2. The zero-order valence-electron chi connectivity index (χ0n) is 10.5. The van der Waals surface area contributed by atoms with E-state index in [9.17, 15) is 5.11 Å². The van der Waals surface area contributed by atoms with Gasteiger partial charge in [0.05, 0.1) is 11.3 Å². The molecular formula is C16H14N2O. The summed E-state index contributed by atoms with van der Waals surface area (Å²) >= 11 is 0. The summed E-state index contributed by atoms with van der Waals surface area (Å²) in [6.45, 7) is 0. The first kappa shape index (κ1) is 11.7. The summed E-state index contributed by atoms with van der Waals surface area (Å²) in [6.07, 6.45) is 5.07. The Balaban J connectivity index is 2.07. The normalized spacial score (nSPS) is 17.5. The van der Waals surface area contributed by atoms with Gasteiger partial charge in [-0.1, -0.05) is 12.1 Å². The second-order valence-electron chi connectivity index (χ2n) is 4.88. The zero-order chi connectivity index (χ0) is 13.2. The molecule has 1 aliphatic carbocycles. The van der Waals surface area contributed by atoms with E-state index in [0.717, 1.165) is 30.5 Å². The van der Waals surface area contributed by atoms with E-state index in [2.05, 4.69) is 11.1 Å². The minimum atomic E-state index is 0.0447. The van der Waals surface area contributed by atoms with Crippen LogP contribution >= 0.6 is 0 Å². The number of nitriles is 1. The van der Waals surface area contributed by atoms with Crippen molar-refractivity contribution in [2.75, 3.05) is 0 Å². The van der Waals surface area contributed by atoms with E-state index in [-0.39, 0.29) is 11.7 Å². The van der Waals surface area contributed by atoms with E-state index >= 15 is 0 Å². The van der Waals surface area contributed by atoms with E-state index in [4.69, 9.17) is 5.26 Å². The summed E-state index contributed by atoms with van der Waals surface area (Å²) in [5.41, 5.74) is 3.81. The molecular weight excluding hydrogens is 236 g/mol. The molecule has 1 atom stereocenters. The highest BCUT2D eigenvalue weighted by Gasteiger charge is 2.23. The van der Waals surface area contributed by atoms with Gasteiger partial charge in [0.15, 0.2) is 0 Å². The first-order chi connectivity index (χ1) is 9.29. The van der Waals surface area contributed by atoms with E-state index < -0.39 is 0 Å². The summed E-state index contributed by atoms with van der Waals surface area (Å²) in [7, 11) is 0. The number of phenolic OH excluding ortho intramolecular Hbond substituents is 1. The van der Waals surface area contributed by atoms with Crippen molar-refractivity contribution in [3.05, 3.63) is 58.9 Å². The van der Waals surface area contributed by atoms with Gasteiger partial charge in [-0.2, -0.15) is 5.26 Å². The molecule has 94 valence electrons. The lowest BCUT2D eigenvalue weighted by Crippen LogP contribution is -2.13. The second kappa shape index (κ2) is 4.74. The lowest BCUT2D eigenvalue weighted by atomic mass is 9.82. The van der Waals surface area contributed by atoms with E-state index in [1.165, 1.54) is 5.56 Å². The largest absolute Gasteiger partial charge is 0.507 e. The van der Waals surface area contributed by atoms with Crippen LogP contribution < -0.4 is 0 Å². The van der Waals surface area contributed by atoms with Crippen LogP contribution in [-0.2, 0) is 6.42 Å². The molecule has 19 heavy (non-hydrogen) atoms. The maximum absolute atomic E-state index is 9.59. The fraction of sp³-hybridized carbons (Fsp3) is 0.250. The van der Waals surface area contributed by atoms with Crippen molar-refractivity contribution in [1.29, 1.82) is 5.26 Å². The van der Waals surface area contributed by atoms with E-state index in [1.54, 1.807) is 12.1 Å². The van der Waals surface area contributed by atoms with Crippen LogP contribution in [0.25, 0.3) is 0 Å². The number of aromatic nitrogens is 1. The number of aryl methyl sites for hydroxylation is 1. The molecule has 0 saturated heterocycles. The second-order valence-corrected chi connectivity index (χ2v) is 4.88. The van der Waals surface area contributed by atoms with Crippen molar-refractivity contribution in [3.8, 4) is 11.8 Å². The average molecular weight is 250 g/mol. The van der Waals surface area contributed by atoms with Crippen molar-refractivity contribution in [1.82, 2.24) is 4.98 Å². The molecule has 0 bridgehead atoms. The zero-order valence-corrected chi connectivity index (χ0v) is 10.5. The summed E-state index contributed by atoms with van der Waals surface area (Å²) in [4.78, 5) is 4.51. The number of phenols is 1. The van der Waals surface area contributed by atoms with Gasteiger partial charge >= 0.3 is 0 Å². The maximum atomic E-state index is 9.59. The lowest BCUT2D eigenvalue weighted by molar-refractivity contribution is 0.473. The molecule has 3 heteroatoms. The molecule has 0 amide bonds. The summed E-state index contributed by atoms with van der Waals surface area (Å²) < 4.78 is 0. The van der Waals surface area contributed by atoms with Crippen molar-refractivity contribution < 1.29 is 5.11 Å². The molecule has 0 spiro atoms. The minimum Gasteiger partial charge on any atom is -0.507 e. The number of fused-ring (bicyclic) bond motifs is 1. The van der Waals surface area contributed by atoms with Crippen LogP contribution in [-0.4, -0.2) is 10.1 Å². The lowest BCUT2D eigenvalue weighted by Gasteiger charge is -2.24. The number of benzene rings is 1. The SMILES string of the molecule is N#Cc1cc(C2CCCc3cccnc32)ccc1O. The monoisotopic (exact) mass is 250 g/mol. The number of rotatable bonds is 1. The summed E-state index contributed by atoms with van der Waals surface area (Å²) in [6, 6.07) is 11.4. The fourth-order valence-electron chi connectivity index (χ4n) is 2.79. The van der Waals surface area contributed by atoms with Gasteiger partial charge in [-0.05, 0) is 48.6 Å². The number of aromatic hydroxyl groups is 1. The predicted molar refractivity (Wildman–Crippen MR) is 71.8 cm³/mol. The van der Waals surface area contributed by atoms with Crippen molar-refractivity contribution in [2.45, 2.75) is 25.2 Å². The van der Waals surface area contributed by atoms with Gasteiger partial charge in [0.1, 0.15) is 11.8 Å².